The van der Waals surface area contributed by atoms with Crippen LogP contribution >= 0.6 is 24.0 Å². The second-order valence-corrected chi connectivity index (χ2v) is 6.07. The summed E-state index contributed by atoms with van der Waals surface area (Å²) in [6, 6.07) is 6.01. The Morgan fingerprint density at radius 2 is 1.92 bits per heavy atom. The van der Waals surface area contributed by atoms with Gasteiger partial charge in [-0.2, -0.15) is 0 Å². The highest BCUT2D eigenvalue weighted by atomic mass is 127. The number of hydrogen-bond acceptors (Lipinski definition) is 4. The SMILES string of the molecule is CN=C(NCc1ccc2c(c1)OCCCO2)NCC(C)(C)OC.I. The molecular weight excluding hydrogens is 421 g/mol. The molecule has 1 aliphatic rings. The van der Waals surface area contributed by atoms with Crippen molar-refractivity contribution in [2.45, 2.75) is 32.4 Å². The van der Waals surface area contributed by atoms with Crippen molar-refractivity contribution in [2.75, 3.05) is 33.9 Å². The quantitative estimate of drug-likeness (QED) is 0.411. The summed E-state index contributed by atoms with van der Waals surface area (Å²) in [6.45, 7) is 6.78. The van der Waals surface area contributed by atoms with E-state index in [0.717, 1.165) is 29.4 Å². The summed E-state index contributed by atoms with van der Waals surface area (Å²) in [5.74, 6) is 2.36. The highest BCUT2D eigenvalue weighted by molar-refractivity contribution is 14.0. The Balaban J connectivity index is 0.00000288. The lowest BCUT2D eigenvalue weighted by Gasteiger charge is -2.24. The molecule has 1 aromatic rings. The molecule has 24 heavy (non-hydrogen) atoms. The number of nitrogens with zero attached hydrogens (tertiary/aromatic N) is 1. The predicted molar refractivity (Wildman–Crippen MR) is 107 cm³/mol. The Labute approximate surface area is 161 Å². The van der Waals surface area contributed by atoms with Crippen LogP contribution in [0.15, 0.2) is 23.2 Å². The van der Waals surface area contributed by atoms with Crippen molar-refractivity contribution < 1.29 is 14.2 Å². The minimum Gasteiger partial charge on any atom is -0.490 e. The summed E-state index contributed by atoms with van der Waals surface area (Å²) in [5, 5.41) is 6.55. The maximum absolute atomic E-state index is 5.71. The Kier molecular flexibility index (Phi) is 8.61. The molecule has 0 atom stereocenters. The van der Waals surface area contributed by atoms with Gasteiger partial charge in [-0.1, -0.05) is 6.07 Å². The lowest BCUT2D eigenvalue weighted by molar-refractivity contribution is 0.0268. The van der Waals surface area contributed by atoms with E-state index in [2.05, 4.69) is 15.6 Å². The van der Waals surface area contributed by atoms with Crippen molar-refractivity contribution in [3.63, 3.8) is 0 Å². The Hall–Kier alpha value is -1.22. The molecule has 7 heteroatoms. The van der Waals surface area contributed by atoms with Gasteiger partial charge in [0.05, 0.1) is 18.8 Å². The largest absolute Gasteiger partial charge is 0.490 e. The molecule has 0 unspecified atom stereocenters. The summed E-state index contributed by atoms with van der Waals surface area (Å²) < 4.78 is 16.8. The van der Waals surface area contributed by atoms with E-state index in [9.17, 15) is 0 Å². The first kappa shape index (κ1) is 20.8. The van der Waals surface area contributed by atoms with Crippen LogP contribution in [0.3, 0.4) is 0 Å². The first-order chi connectivity index (χ1) is 11.0. The van der Waals surface area contributed by atoms with Gasteiger partial charge in [0.2, 0.25) is 0 Å². The van der Waals surface area contributed by atoms with E-state index in [1.807, 2.05) is 32.0 Å². The van der Waals surface area contributed by atoms with E-state index in [1.165, 1.54) is 0 Å². The molecule has 0 saturated carbocycles. The second-order valence-electron chi connectivity index (χ2n) is 6.07. The average Bonchev–Trinajstić information content (AvgIpc) is 2.79. The fourth-order valence-electron chi connectivity index (χ4n) is 2.09. The van der Waals surface area contributed by atoms with E-state index in [1.54, 1.807) is 14.2 Å². The summed E-state index contributed by atoms with van der Waals surface area (Å²) in [4.78, 5) is 4.23. The maximum Gasteiger partial charge on any atom is 0.191 e. The summed E-state index contributed by atoms with van der Waals surface area (Å²) in [5.41, 5.74) is 0.871. The van der Waals surface area contributed by atoms with Crippen LogP contribution in [0.1, 0.15) is 25.8 Å². The van der Waals surface area contributed by atoms with E-state index in [4.69, 9.17) is 14.2 Å². The smallest absolute Gasteiger partial charge is 0.191 e. The Bertz CT molecular complexity index is 550. The minimum atomic E-state index is -0.243. The van der Waals surface area contributed by atoms with Gasteiger partial charge < -0.3 is 24.8 Å². The van der Waals surface area contributed by atoms with E-state index in [-0.39, 0.29) is 29.6 Å². The fourth-order valence-corrected chi connectivity index (χ4v) is 2.09. The Morgan fingerprint density at radius 1 is 1.21 bits per heavy atom. The number of nitrogens with one attached hydrogen (secondary N) is 2. The van der Waals surface area contributed by atoms with Gasteiger partial charge in [-0.15, -0.1) is 24.0 Å². The standard InChI is InChI=1S/C17H27N3O3.HI/c1-17(2,21-4)12-20-16(18-3)19-11-13-6-7-14-15(10-13)23-9-5-8-22-14;/h6-7,10H,5,8-9,11-12H2,1-4H3,(H2,18,19,20);1H. The third-order valence-electron chi connectivity index (χ3n) is 3.73. The lowest BCUT2D eigenvalue weighted by atomic mass is 10.1. The first-order valence-corrected chi connectivity index (χ1v) is 7.92. The van der Waals surface area contributed by atoms with Gasteiger partial charge in [0.1, 0.15) is 0 Å². The van der Waals surface area contributed by atoms with Crippen LogP contribution in [-0.2, 0) is 11.3 Å². The van der Waals surface area contributed by atoms with Crippen molar-refractivity contribution in [3.05, 3.63) is 23.8 Å². The minimum absolute atomic E-state index is 0. The van der Waals surface area contributed by atoms with Crippen molar-refractivity contribution in [3.8, 4) is 11.5 Å². The number of hydrogen-bond donors (Lipinski definition) is 2. The number of fused-ring (bicyclic) bond motifs is 1. The van der Waals surface area contributed by atoms with E-state index >= 15 is 0 Å². The van der Waals surface area contributed by atoms with Gasteiger partial charge in [-0.25, -0.2) is 0 Å². The van der Waals surface area contributed by atoms with Crippen molar-refractivity contribution in [2.24, 2.45) is 4.99 Å². The zero-order valence-corrected chi connectivity index (χ0v) is 17.2. The Morgan fingerprint density at radius 3 is 2.58 bits per heavy atom. The molecule has 0 radical (unpaired) electrons. The number of halogens is 1. The van der Waals surface area contributed by atoms with Crippen LogP contribution in [0.2, 0.25) is 0 Å². The summed E-state index contributed by atoms with van der Waals surface area (Å²) in [6.07, 6.45) is 0.911. The molecule has 1 aliphatic heterocycles. The third-order valence-corrected chi connectivity index (χ3v) is 3.73. The van der Waals surface area contributed by atoms with Crippen LogP contribution in [-0.4, -0.2) is 45.5 Å². The van der Waals surface area contributed by atoms with Gasteiger partial charge >= 0.3 is 0 Å². The second kappa shape index (κ2) is 9.93. The predicted octanol–water partition coefficient (Wildman–Crippen LogP) is 2.56. The van der Waals surface area contributed by atoms with Gasteiger partial charge in [-0.3, -0.25) is 4.99 Å². The zero-order valence-electron chi connectivity index (χ0n) is 14.8. The molecule has 2 N–H and O–H groups in total. The van der Waals surface area contributed by atoms with Gasteiger partial charge in [0.25, 0.3) is 0 Å². The molecule has 0 spiro atoms. The van der Waals surface area contributed by atoms with Crippen molar-refractivity contribution in [1.29, 1.82) is 0 Å². The van der Waals surface area contributed by atoms with Crippen molar-refractivity contribution in [1.82, 2.24) is 10.6 Å². The van der Waals surface area contributed by atoms with Gasteiger partial charge in [0, 0.05) is 33.7 Å². The van der Waals surface area contributed by atoms with Crippen LogP contribution in [0.25, 0.3) is 0 Å². The van der Waals surface area contributed by atoms with Gasteiger partial charge in [0.15, 0.2) is 17.5 Å². The van der Waals surface area contributed by atoms with E-state index in [0.29, 0.717) is 26.3 Å². The average molecular weight is 449 g/mol. The molecule has 1 heterocycles. The molecule has 0 aliphatic carbocycles. The van der Waals surface area contributed by atoms with Crippen molar-refractivity contribution >= 4 is 29.9 Å². The molecule has 6 nitrogen and oxygen atoms in total. The zero-order chi connectivity index (χ0) is 16.7. The van der Waals surface area contributed by atoms with Crippen LogP contribution in [0.5, 0.6) is 11.5 Å². The number of aliphatic imine (C=N–C) groups is 1. The normalized spacial score (nSPS) is 14.4. The van der Waals surface area contributed by atoms with Gasteiger partial charge in [-0.05, 0) is 31.5 Å². The summed E-state index contributed by atoms with van der Waals surface area (Å²) >= 11 is 0. The molecule has 1 aromatic carbocycles. The third kappa shape index (κ3) is 6.35. The highest BCUT2D eigenvalue weighted by Gasteiger charge is 2.16. The molecule has 2 rings (SSSR count). The molecule has 0 bridgehead atoms. The number of benzene rings is 1. The first-order valence-electron chi connectivity index (χ1n) is 7.92. The molecule has 0 aromatic heterocycles. The number of guanidine groups is 1. The van der Waals surface area contributed by atoms with Crippen LogP contribution < -0.4 is 20.1 Å². The number of ether oxygens (including phenoxy) is 3. The molecule has 0 saturated heterocycles. The molecular formula is C17H28IN3O3. The maximum atomic E-state index is 5.71. The highest BCUT2D eigenvalue weighted by Crippen LogP contribution is 2.30. The monoisotopic (exact) mass is 449 g/mol. The van der Waals surface area contributed by atoms with Crippen LogP contribution in [0.4, 0.5) is 0 Å². The topological polar surface area (TPSA) is 64.1 Å². The van der Waals surface area contributed by atoms with E-state index < -0.39 is 0 Å². The van der Waals surface area contributed by atoms with Crippen LogP contribution in [0, 0.1) is 0 Å². The lowest BCUT2D eigenvalue weighted by Crippen LogP contribution is -2.45. The number of methoxy groups -OCH3 is 1. The fraction of sp³-hybridized carbons (Fsp3) is 0.588. The molecule has 0 amide bonds. The number of rotatable bonds is 5. The molecule has 0 fully saturated rings. The molecule has 136 valence electrons. The summed E-state index contributed by atoms with van der Waals surface area (Å²) in [7, 11) is 3.46.